The molecule has 1 rings (SSSR count). The Kier molecular flexibility index (Phi) is 4.20. The van der Waals surface area contributed by atoms with Crippen molar-refractivity contribution in [2.45, 2.75) is 25.6 Å². The first-order chi connectivity index (χ1) is 6.56. The van der Waals surface area contributed by atoms with Gasteiger partial charge in [0.2, 0.25) is 0 Å². The Labute approximate surface area is 93.1 Å². The number of hydrogen-bond acceptors (Lipinski definition) is 2. The van der Waals surface area contributed by atoms with E-state index in [-0.39, 0.29) is 0 Å². The van der Waals surface area contributed by atoms with Crippen molar-refractivity contribution in [2.24, 2.45) is 0 Å². The molecule has 2 N–H and O–H groups in total. The average molecular weight is 235 g/mol. The topological polar surface area (TPSA) is 40.5 Å². The monoisotopic (exact) mass is 234 g/mol. The van der Waals surface area contributed by atoms with E-state index >= 15 is 0 Å². The molecule has 0 aliphatic carbocycles. The Balaban J connectivity index is 2.91. The highest BCUT2D eigenvalue weighted by molar-refractivity contribution is 6.42. The molecule has 2 unspecified atom stereocenters. The molecule has 14 heavy (non-hydrogen) atoms. The number of aliphatic hydroxyl groups is 2. The summed E-state index contributed by atoms with van der Waals surface area (Å²) in [6, 6.07) is 4.82. The summed E-state index contributed by atoms with van der Waals surface area (Å²) >= 11 is 11.5. The molecule has 0 heterocycles. The van der Waals surface area contributed by atoms with Crippen LogP contribution in [0.1, 0.15) is 25.0 Å². The molecule has 0 saturated heterocycles. The third-order valence-corrected chi connectivity index (χ3v) is 2.81. The molecular weight excluding hydrogens is 223 g/mol. The summed E-state index contributed by atoms with van der Waals surface area (Å²) in [5.74, 6) is 0. The maximum atomic E-state index is 9.65. The van der Waals surface area contributed by atoms with Crippen LogP contribution in [0.25, 0.3) is 0 Å². The van der Waals surface area contributed by atoms with Gasteiger partial charge in [-0.15, -0.1) is 0 Å². The number of benzene rings is 1. The lowest BCUT2D eigenvalue weighted by molar-refractivity contribution is 0.0165. The lowest BCUT2D eigenvalue weighted by Crippen LogP contribution is -2.16. The lowest BCUT2D eigenvalue weighted by atomic mass is 10.0. The van der Waals surface area contributed by atoms with E-state index in [0.717, 1.165) is 0 Å². The van der Waals surface area contributed by atoms with Gasteiger partial charge in [-0.3, -0.25) is 0 Å². The summed E-state index contributed by atoms with van der Waals surface area (Å²) in [7, 11) is 0. The molecule has 0 radical (unpaired) electrons. The minimum atomic E-state index is -0.908. The van der Waals surface area contributed by atoms with Gasteiger partial charge in [-0.25, -0.2) is 0 Å². The van der Waals surface area contributed by atoms with E-state index in [9.17, 15) is 10.2 Å². The summed E-state index contributed by atoms with van der Waals surface area (Å²) in [4.78, 5) is 0. The molecule has 2 atom stereocenters. The Morgan fingerprint density at radius 2 is 1.86 bits per heavy atom. The van der Waals surface area contributed by atoms with Crippen molar-refractivity contribution in [3.8, 4) is 0 Å². The van der Waals surface area contributed by atoms with Gasteiger partial charge in [-0.2, -0.15) is 0 Å². The highest BCUT2D eigenvalue weighted by Crippen LogP contribution is 2.27. The molecule has 1 aromatic rings. The minimum Gasteiger partial charge on any atom is -0.390 e. The summed E-state index contributed by atoms with van der Waals surface area (Å²) in [5.41, 5.74) is 0.578. The van der Waals surface area contributed by atoms with Gasteiger partial charge in [0.25, 0.3) is 0 Å². The molecule has 0 aliphatic rings. The Hall–Kier alpha value is -0.280. The fraction of sp³-hybridized carbons (Fsp3) is 0.400. The van der Waals surface area contributed by atoms with Gasteiger partial charge in [0.05, 0.1) is 16.1 Å². The summed E-state index contributed by atoms with van der Waals surface area (Å²) in [6.07, 6.45) is -1.19. The second-order valence-electron chi connectivity index (χ2n) is 3.09. The van der Waals surface area contributed by atoms with Crippen LogP contribution < -0.4 is 0 Å². The first-order valence-electron chi connectivity index (χ1n) is 4.37. The molecule has 78 valence electrons. The smallest absolute Gasteiger partial charge is 0.105 e. The zero-order chi connectivity index (χ0) is 10.7. The summed E-state index contributed by atoms with van der Waals surface area (Å²) in [5, 5.41) is 19.9. The number of hydrogen-bond donors (Lipinski definition) is 2. The van der Waals surface area contributed by atoms with Crippen LogP contribution in [0.4, 0.5) is 0 Å². The van der Waals surface area contributed by atoms with Crippen molar-refractivity contribution in [3.05, 3.63) is 33.8 Å². The van der Waals surface area contributed by atoms with E-state index in [2.05, 4.69) is 0 Å². The van der Waals surface area contributed by atoms with Gasteiger partial charge in [0, 0.05) is 0 Å². The standard InChI is InChI=1S/C10H12Cl2O2/c1-2-9(13)10(14)6-3-4-7(11)8(12)5-6/h3-5,9-10,13-14H,2H2,1H3. The Morgan fingerprint density at radius 1 is 1.21 bits per heavy atom. The van der Waals surface area contributed by atoms with Crippen molar-refractivity contribution in [1.29, 1.82) is 0 Å². The van der Waals surface area contributed by atoms with Crippen LogP contribution in [0, 0.1) is 0 Å². The van der Waals surface area contributed by atoms with Crippen LogP contribution in [0.2, 0.25) is 10.0 Å². The van der Waals surface area contributed by atoms with Gasteiger partial charge in [-0.05, 0) is 24.1 Å². The van der Waals surface area contributed by atoms with E-state index in [4.69, 9.17) is 23.2 Å². The fourth-order valence-electron chi connectivity index (χ4n) is 1.14. The van der Waals surface area contributed by atoms with Gasteiger partial charge < -0.3 is 10.2 Å². The molecule has 0 saturated carbocycles. The number of aliphatic hydroxyl groups excluding tert-OH is 2. The van der Waals surface area contributed by atoms with Crippen LogP contribution >= 0.6 is 23.2 Å². The van der Waals surface area contributed by atoms with Crippen LogP contribution in [-0.2, 0) is 0 Å². The first kappa shape index (κ1) is 11.8. The quantitative estimate of drug-likeness (QED) is 0.845. The minimum absolute atomic E-state index is 0.381. The summed E-state index contributed by atoms with van der Waals surface area (Å²) < 4.78 is 0. The normalized spacial score (nSPS) is 15.2. The van der Waals surface area contributed by atoms with Crippen LogP contribution in [0.5, 0.6) is 0 Å². The van der Waals surface area contributed by atoms with Crippen molar-refractivity contribution in [1.82, 2.24) is 0 Å². The highest BCUT2D eigenvalue weighted by Gasteiger charge is 2.16. The molecule has 0 aromatic heterocycles. The zero-order valence-corrected chi connectivity index (χ0v) is 9.26. The van der Waals surface area contributed by atoms with E-state index in [1.54, 1.807) is 25.1 Å². The van der Waals surface area contributed by atoms with Crippen LogP contribution in [0.3, 0.4) is 0 Å². The van der Waals surface area contributed by atoms with Gasteiger partial charge in [0.15, 0.2) is 0 Å². The summed E-state index contributed by atoms with van der Waals surface area (Å²) in [6.45, 7) is 1.80. The lowest BCUT2D eigenvalue weighted by Gasteiger charge is -2.16. The van der Waals surface area contributed by atoms with Crippen molar-refractivity contribution >= 4 is 23.2 Å². The van der Waals surface area contributed by atoms with E-state index in [1.165, 1.54) is 0 Å². The van der Waals surface area contributed by atoms with Gasteiger partial charge in [-0.1, -0.05) is 36.2 Å². The third kappa shape index (κ3) is 2.61. The first-order valence-corrected chi connectivity index (χ1v) is 5.13. The van der Waals surface area contributed by atoms with E-state index in [0.29, 0.717) is 22.0 Å². The van der Waals surface area contributed by atoms with Crippen molar-refractivity contribution < 1.29 is 10.2 Å². The largest absolute Gasteiger partial charge is 0.390 e. The Bertz CT molecular complexity index is 315. The molecular formula is C10H12Cl2O2. The number of halogens is 2. The molecule has 0 bridgehead atoms. The highest BCUT2D eigenvalue weighted by atomic mass is 35.5. The van der Waals surface area contributed by atoms with Crippen LogP contribution in [-0.4, -0.2) is 16.3 Å². The molecule has 1 aromatic carbocycles. The molecule has 4 heteroatoms. The molecule has 0 aliphatic heterocycles. The van der Waals surface area contributed by atoms with Crippen LogP contribution in [0.15, 0.2) is 18.2 Å². The van der Waals surface area contributed by atoms with Gasteiger partial charge in [0.1, 0.15) is 6.10 Å². The number of rotatable bonds is 3. The molecule has 0 amide bonds. The van der Waals surface area contributed by atoms with E-state index in [1.807, 2.05) is 0 Å². The van der Waals surface area contributed by atoms with Crippen molar-refractivity contribution in [2.75, 3.05) is 0 Å². The molecule has 0 spiro atoms. The predicted molar refractivity (Wildman–Crippen MR) is 57.7 cm³/mol. The SMILES string of the molecule is CCC(O)C(O)c1ccc(Cl)c(Cl)c1. The molecule has 0 fully saturated rings. The maximum Gasteiger partial charge on any atom is 0.105 e. The Morgan fingerprint density at radius 3 is 2.36 bits per heavy atom. The second kappa shape index (κ2) is 4.99. The predicted octanol–water partition coefficient (Wildman–Crippen LogP) is 2.80. The second-order valence-corrected chi connectivity index (χ2v) is 3.91. The fourth-order valence-corrected chi connectivity index (χ4v) is 1.45. The van der Waals surface area contributed by atoms with Crippen molar-refractivity contribution in [3.63, 3.8) is 0 Å². The third-order valence-electron chi connectivity index (χ3n) is 2.07. The van der Waals surface area contributed by atoms with Gasteiger partial charge >= 0.3 is 0 Å². The zero-order valence-electron chi connectivity index (χ0n) is 7.74. The van der Waals surface area contributed by atoms with E-state index < -0.39 is 12.2 Å². The molecule has 2 nitrogen and oxygen atoms in total. The average Bonchev–Trinajstić information content (AvgIpc) is 2.20. The maximum absolute atomic E-state index is 9.65.